The molecule has 0 heterocycles. The van der Waals surface area contributed by atoms with Crippen LogP contribution in [0.5, 0.6) is 0 Å². The Kier molecular flexibility index (Phi) is 6.12. The van der Waals surface area contributed by atoms with E-state index in [4.69, 9.17) is 0 Å². The van der Waals surface area contributed by atoms with E-state index in [1.165, 1.54) is 19.3 Å². The van der Waals surface area contributed by atoms with Crippen molar-refractivity contribution in [3.05, 3.63) is 42.0 Å². The average molecular weight is 275 g/mol. The Morgan fingerprint density at radius 1 is 1.30 bits per heavy atom. The monoisotopic (exact) mass is 275 g/mol. The highest BCUT2D eigenvalue weighted by molar-refractivity contribution is 6.03. The first-order valence-corrected chi connectivity index (χ1v) is 6.00. The lowest BCUT2D eigenvalue weighted by atomic mass is 10.2. The van der Waals surface area contributed by atoms with E-state index in [9.17, 15) is 19.6 Å². The van der Waals surface area contributed by atoms with Gasteiger partial charge >= 0.3 is 6.03 Å². The van der Waals surface area contributed by atoms with Gasteiger partial charge in [0.2, 0.25) is 6.29 Å². The zero-order chi connectivity index (χ0) is 15.0. The lowest BCUT2D eigenvalue weighted by Crippen LogP contribution is -2.45. The Morgan fingerprint density at radius 3 is 2.50 bits per heavy atom. The van der Waals surface area contributed by atoms with Crippen LogP contribution in [-0.2, 0) is 9.59 Å². The summed E-state index contributed by atoms with van der Waals surface area (Å²) in [5.41, 5.74) is 0.777. The minimum absolute atomic E-state index is 0.00384. The van der Waals surface area contributed by atoms with Gasteiger partial charge in [0.1, 0.15) is 0 Å². The fraction of sp³-hybridized carbons (Fsp3) is 0.214. The van der Waals surface area contributed by atoms with Gasteiger partial charge in [-0.15, -0.1) is 0 Å². The highest BCUT2D eigenvalue weighted by Gasteiger charge is 2.23. The first kappa shape index (κ1) is 15.6. The minimum atomic E-state index is -0.960. The number of nitrogens with zero attached hydrogens (tertiary/aromatic N) is 2. The van der Waals surface area contributed by atoms with Crippen molar-refractivity contribution < 1.29 is 19.6 Å². The Hall–Kier alpha value is -2.47. The lowest BCUT2D eigenvalue weighted by Gasteiger charge is -2.21. The van der Waals surface area contributed by atoms with Crippen LogP contribution in [0.25, 0.3) is 6.08 Å². The van der Waals surface area contributed by atoms with Gasteiger partial charge < -0.3 is 0 Å². The number of imide groups is 1. The summed E-state index contributed by atoms with van der Waals surface area (Å²) in [6, 6.07) is 8.05. The lowest BCUT2D eigenvalue weighted by molar-refractivity contribution is -0.126. The summed E-state index contributed by atoms with van der Waals surface area (Å²) in [6.45, 7) is 1.00. The molecule has 0 aliphatic heterocycles. The molecule has 3 amide bonds. The topological polar surface area (TPSA) is 77.9 Å². The molecular formula is C14H15N2O4. The quantitative estimate of drug-likeness (QED) is 0.501. The van der Waals surface area contributed by atoms with E-state index < -0.39 is 18.5 Å². The second-order valence-electron chi connectivity index (χ2n) is 3.81. The molecule has 0 aliphatic rings. The second kappa shape index (κ2) is 7.85. The molecule has 0 spiro atoms. The Balaban J connectivity index is 2.81. The molecule has 1 aromatic carbocycles. The Labute approximate surface area is 116 Å². The summed E-state index contributed by atoms with van der Waals surface area (Å²) in [7, 11) is 0. The summed E-state index contributed by atoms with van der Waals surface area (Å²) in [4.78, 5) is 34.6. The Morgan fingerprint density at radius 2 is 1.95 bits per heavy atom. The molecule has 105 valence electrons. The number of carbonyl (C=O) groups is 2. The van der Waals surface area contributed by atoms with Crippen molar-refractivity contribution in [2.75, 3.05) is 13.1 Å². The van der Waals surface area contributed by atoms with Gasteiger partial charge in [-0.3, -0.25) is 19.7 Å². The normalized spacial score (nSPS) is 10.3. The number of hydrogen-bond acceptors (Lipinski definition) is 4. The molecule has 0 atom stereocenters. The summed E-state index contributed by atoms with van der Waals surface area (Å²) in [5.74, 6) is -0.699. The fourth-order valence-electron chi connectivity index (χ4n) is 1.40. The maximum atomic E-state index is 11.9. The summed E-state index contributed by atoms with van der Waals surface area (Å²) in [5, 5.41) is 9.65. The summed E-state index contributed by atoms with van der Waals surface area (Å²) < 4.78 is 0. The predicted molar refractivity (Wildman–Crippen MR) is 72.4 cm³/mol. The predicted octanol–water partition coefficient (Wildman–Crippen LogP) is 1.47. The third-order valence-electron chi connectivity index (χ3n) is 2.46. The molecular weight excluding hydrogens is 260 g/mol. The number of amides is 3. The zero-order valence-electron chi connectivity index (χ0n) is 11.0. The van der Waals surface area contributed by atoms with Gasteiger partial charge in [-0.25, -0.2) is 9.86 Å². The summed E-state index contributed by atoms with van der Waals surface area (Å²) >= 11 is 0. The zero-order valence-corrected chi connectivity index (χ0v) is 11.0. The highest BCUT2D eigenvalue weighted by Crippen LogP contribution is 2.03. The van der Waals surface area contributed by atoms with E-state index in [1.807, 2.05) is 6.07 Å². The van der Waals surface area contributed by atoms with Crippen LogP contribution < -0.4 is 0 Å². The maximum absolute atomic E-state index is 11.9. The molecule has 1 aromatic rings. The third-order valence-corrected chi connectivity index (χ3v) is 2.46. The van der Waals surface area contributed by atoms with Gasteiger partial charge in [0.15, 0.2) is 0 Å². The molecule has 1 radical (unpaired) electrons. The molecule has 0 aromatic heterocycles. The molecule has 0 fully saturated rings. The van der Waals surface area contributed by atoms with Crippen LogP contribution >= 0.6 is 0 Å². The van der Waals surface area contributed by atoms with Crippen LogP contribution in [0.1, 0.15) is 12.5 Å². The number of hydroxylamine groups is 2. The number of carbonyl (C=O) groups excluding carboxylic acids is 3. The van der Waals surface area contributed by atoms with E-state index in [2.05, 4.69) is 0 Å². The van der Waals surface area contributed by atoms with Gasteiger partial charge in [0.05, 0.1) is 6.54 Å². The molecule has 0 bridgehead atoms. The van der Waals surface area contributed by atoms with Crippen molar-refractivity contribution >= 4 is 24.3 Å². The SMILES string of the molecule is CCN(O)C(=O)N(C[C]=O)C(=O)/C=C/c1ccccc1. The van der Waals surface area contributed by atoms with Crippen molar-refractivity contribution in [3.63, 3.8) is 0 Å². The average Bonchev–Trinajstić information content (AvgIpc) is 2.49. The van der Waals surface area contributed by atoms with Gasteiger partial charge in [0.25, 0.3) is 5.91 Å². The second-order valence-corrected chi connectivity index (χ2v) is 3.81. The van der Waals surface area contributed by atoms with E-state index in [1.54, 1.807) is 24.3 Å². The third kappa shape index (κ3) is 4.33. The molecule has 6 heteroatoms. The summed E-state index contributed by atoms with van der Waals surface area (Å²) in [6.07, 6.45) is 4.15. The van der Waals surface area contributed by atoms with Gasteiger partial charge in [-0.05, 0) is 18.6 Å². The largest absolute Gasteiger partial charge is 0.351 e. The Bertz CT molecular complexity index is 499. The van der Waals surface area contributed by atoms with E-state index in [0.29, 0.717) is 9.96 Å². The highest BCUT2D eigenvalue weighted by atomic mass is 16.5. The molecule has 20 heavy (non-hydrogen) atoms. The maximum Gasteiger partial charge on any atom is 0.351 e. The number of rotatable bonds is 5. The van der Waals surface area contributed by atoms with Crippen molar-refractivity contribution in [3.8, 4) is 0 Å². The van der Waals surface area contributed by atoms with Crippen LogP contribution in [0, 0.1) is 0 Å². The number of benzene rings is 1. The van der Waals surface area contributed by atoms with Crippen LogP contribution in [0.4, 0.5) is 4.79 Å². The van der Waals surface area contributed by atoms with Crippen LogP contribution in [0.3, 0.4) is 0 Å². The van der Waals surface area contributed by atoms with Crippen LogP contribution in [0.15, 0.2) is 36.4 Å². The first-order chi connectivity index (χ1) is 9.60. The fourth-order valence-corrected chi connectivity index (χ4v) is 1.40. The molecule has 1 N–H and O–H groups in total. The van der Waals surface area contributed by atoms with Gasteiger partial charge in [-0.1, -0.05) is 30.3 Å². The molecule has 6 nitrogen and oxygen atoms in total. The smallest absolute Gasteiger partial charge is 0.289 e. The van der Waals surface area contributed by atoms with Crippen molar-refractivity contribution in [2.45, 2.75) is 6.92 Å². The molecule has 1 rings (SSSR count). The number of hydrogen-bond donors (Lipinski definition) is 1. The molecule has 0 aliphatic carbocycles. The van der Waals surface area contributed by atoms with Crippen LogP contribution in [0.2, 0.25) is 0 Å². The van der Waals surface area contributed by atoms with Gasteiger partial charge in [-0.2, -0.15) is 0 Å². The molecule has 0 saturated carbocycles. The van der Waals surface area contributed by atoms with Crippen molar-refractivity contribution in [2.24, 2.45) is 0 Å². The number of urea groups is 1. The molecule has 0 saturated heterocycles. The van der Waals surface area contributed by atoms with Crippen molar-refractivity contribution in [1.29, 1.82) is 0 Å². The van der Waals surface area contributed by atoms with E-state index in [0.717, 1.165) is 11.6 Å². The van der Waals surface area contributed by atoms with E-state index >= 15 is 0 Å². The molecule has 0 unspecified atom stereocenters. The van der Waals surface area contributed by atoms with E-state index in [-0.39, 0.29) is 6.54 Å². The first-order valence-electron chi connectivity index (χ1n) is 6.00. The van der Waals surface area contributed by atoms with Gasteiger partial charge in [0, 0.05) is 12.6 Å². The standard InChI is InChI=1S/C14H15N2O4/c1-2-16(20)14(19)15(10-11-17)13(18)9-8-12-6-4-3-5-7-12/h3-9,20H,2,10H2,1H3/b9-8+. The van der Waals surface area contributed by atoms with Crippen LogP contribution in [-0.4, -0.2) is 46.5 Å². The van der Waals surface area contributed by atoms with Crippen molar-refractivity contribution in [1.82, 2.24) is 9.96 Å². The minimum Gasteiger partial charge on any atom is -0.289 e.